The molecule has 1 amide bonds. The molecule has 32 heavy (non-hydrogen) atoms. The quantitative estimate of drug-likeness (QED) is 0.399. The molecule has 1 heterocycles. The van der Waals surface area contributed by atoms with Gasteiger partial charge < -0.3 is 14.5 Å². The number of aryl methyl sites for hydroxylation is 2. The Morgan fingerprint density at radius 1 is 1.03 bits per heavy atom. The van der Waals surface area contributed by atoms with Crippen molar-refractivity contribution in [2.45, 2.75) is 33.3 Å². The highest BCUT2D eigenvalue weighted by Crippen LogP contribution is 2.28. The summed E-state index contributed by atoms with van der Waals surface area (Å²) in [4.78, 5) is 30.3. The number of hydrogen-bond donors (Lipinski definition) is 1. The molecular weight excluding hydrogens is 404 g/mol. The summed E-state index contributed by atoms with van der Waals surface area (Å²) in [7, 11) is 0. The van der Waals surface area contributed by atoms with Crippen LogP contribution in [0.2, 0.25) is 0 Å². The second-order valence-electron chi connectivity index (χ2n) is 7.64. The molecule has 0 bridgehead atoms. The number of aromatic nitrogens is 1. The Morgan fingerprint density at radius 3 is 2.53 bits per heavy atom. The van der Waals surface area contributed by atoms with Crippen LogP contribution in [0.1, 0.15) is 34.8 Å². The van der Waals surface area contributed by atoms with E-state index in [-0.39, 0.29) is 11.5 Å². The number of hydrogen-bond acceptors (Lipinski definition) is 5. The normalized spacial score (nSPS) is 11.8. The van der Waals surface area contributed by atoms with Gasteiger partial charge in [-0.1, -0.05) is 48.9 Å². The summed E-state index contributed by atoms with van der Waals surface area (Å²) in [5.41, 5.74) is 4.88. The Balaban J connectivity index is 1.55. The van der Waals surface area contributed by atoms with Crippen molar-refractivity contribution in [2.75, 3.05) is 5.32 Å². The van der Waals surface area contributed by atoms with Crippen molar-refractivity contribution in [1.29, 1.82) is 0 Å². The van der Waals surface area contributed by atoms with Crippen molar-refractivity contribution in [3.63, 3.8) is 0 Å². The molecule has 6 heteroatoms. The molecule has 0 aliphatic heterocycles. The molecule has 0 spiro atoms. The lowest BCUT2D eigenvalue weighted by molar-refractivity contribution is -0.124. The third-order valence-electron chi connectivity index (χ3n) is 5.22. The van der Waals surface area contributed by atoms with Crippen molar-refractivity contribution in [3.05, 3.63) is 83.4 Å². The minimum Gasteiger partial charge on any atom is -0.449 e. The summed E-state index contributed by atoms with van der Waals surface area (Å²) < 4.78 is 11.4. The fourth-order valence-electron chi connectivity index (χ4n) is 3.52. The molecule has 6 nitrogen and oxygen atoms in total. The molecule has 4 aromatic rings. The summed E-state index contributed by atoms with van der Waals surface area (Å²) in [6.07, 6.45) is -0.590. The predicted molar refractivity (Wildman–Crippen MR) is 123 cm³/mol. The van der Waals surface area contributed by atoms with E-state index >= 15 is 0 Å². The number of carbonyl (C=O) groups is 2. The molecule has 0 aliphatic rings. The van der Waals surface area contributed by atoms with Crippen LogP contribution in [0.15, 0.2) is 71.1 Å². The first-order valence-electron chi connectivity index (χ1n) is 10.5. The van der Waals surface area contributed by atoms with E-state index in [0.29, 0.717) is 34.7 Å². The summed E-state index contributed by atoms with van der Waals surface area (Å²) in [5, 5.41) is 2.86. The highest BCUT2D eigenvalue weighted by atomic mass is 16.5. The summed E-state index contributed by atoms with van der Waals surface area (Å²) in [5.74, 6) is -0.649. The smallest absolute Gasteiger partial charge is 0.339 e. The van der Waals surface area contributed by atoms with Crippen LogP contribution in [-0.4, -0.2) is 23.0 Å². The molecule has 0 saturated carbocycles. The number of nitrogens with one attached hydrogen (secondary N) is 1. The molecule has 1 N–H and O–H groups in total. The van der Waals surface area contributed by atoms with E-state index in [1.165, 1.54) is 0 Å². The zero-order chi connectivity index (χ0) is 22.7. The number of carbonyl (C=O) groups excluding carboxylic acids is 2. The van der Waals surface area contributed by atoms with Crippen LogP contribution in [0.4, 0.5) is 5.69 Å². The zero-order valence-electron chi connectivity index (χ0n) is 18.2. The maximum atomic E-state index is 13.0. The molecule has 3 aromatic carbocycles. The molecule has 1 unspecified atom stereocenters. The number of para-hydroxylation sites is 2. The van der Waals surface area contributed by atoms with E-state index in [1.54, 1.807) is 31.2 Å². The molecule has 1 aromatic heterocycles. The van der Waals surface area contributed by atoms with Crippen molar-refractivity contribution in [1.82, 2.24) is 4.98 Å². The molecule has 162 valence electrons. The lowest BCUT2D eigenvalue weighted by Crippen LogP contribution is -2.32. The Bertz CT molecular complexity index is 1260. The number of nitrogens with zero attached hydrogens (tertiary/aromatic N) is 1. The van der Waals surface area contributed by atoms with E-state index in [4.69, 9.17) is 9.15 Å². The van der Waals surface area contributed by atoms with E-state index in [0.717, 1.165) is 11.1 Å². The number of amides is 1. The van der Waals surface area contributed by atoms with Crippen LogP contribution >= 0.6 is 0 Å². The van der Waals surface area contributed by atoms with Gasteiger partial charge in [0.05, 0.1) is 11.1 Å². The molecule has 4 rings (SSSR count). The van der Waals surface area contributed by atoms with Gasteiger partial charge in [0, 0.05) is 5.69 Å². The minimum absolute atomic E-state index is 0.289. The predicted octanol–water partition coefficient (Wildman–Crippen LogP) is 5.69. The third-order valence-corrected chi connectivity index (χ3v) is 5.22. The average molecular weight is 428 g/mol. The number of rotatable bonds is 6. The molecule has 0 radical (unpaired) electrons. The second kappa shape index (κ2) is 9.06. The standard InChI is InChI=1S/C26H24N2O4/c1-4-22(24(29)27-20-14-13-16(2)15-17(20)3)32-26(30)19-10-6-5-9-18(19)25-28-21-11-7-8-12-23(21)31-25/h5-15,22H,4H2,1-3H3,(H,27,29). The molecule has 0 aliphatic carbocycles. The number of benzene rings is 3. The van der Waals surface area contributed by atoms with Crippen molar-refractivity contribution in [3.8, 4) is 11.5 Å². The lowest BCUT2D eigenvalue weighted by Gasteiger charge is -2.18. The van der Waals surface area contributed by atoms with Crippen LogP contribution in [0.3, 0.4) is 0 Å². The second-order valence-corrected chi connectivity index (χ2v) is 7.64. The van der Waals surface area contributed by atoms with Crippen LogP contribution in [0, 0.1) is 13.8 Å². The summed E-state index contributed by atoms with van der Waals surface area (Å²) >= 11 is 0. The van der Waals surface area contributed by atoms with Gasteiger partial charge in [-0.2, -0.15) is 0 Å². The van der Waals surface area contributed by atoms with Gasteiger partial charge in [-0.3, -0.25) is 4.79 Å². The third kappa shape index (κ3) is 4.39. The Hall–Kier alpha value is -3.93. The summed E-state index contributed by atoms with van der Waals surface area (Å²) in [6.45, 7) is 5.71. The van der Waals surface area contributed by atoms with Crippen LogP contribution in [-0.2, 0) is 9.53 Å². The van der Waals surface area contributed by atoms with Gasteiger partial charge in [-0.15, -0.1) is 0 Å². The largest absolute Gasteiger partial charge is 0.449 e. The number of ether oxygens (including phenoxy) is 1. The fraction of sp³-hybridized carbons (Fsp3) is 0.192. The fourth-order valence-corrected chi connectivity index (χ4v) is 3.52. The van der Waals surface area contributed by atoms with Crippen molar-refractivity contribution in [2.24, 2.45) is 0 Å². The average Bonchev–Trinajstić information content (AvgIpc) is 3.23. The van der Waals surface area contributed by atoms with Gasteiger partial charge in [0.15, 0.2) is 11.7 Å². The SMILES string of the molecule is CCC(OC(=O)c1ccccc1-c1nc2ccccc2o1)C(=O)Nc1ccc(C)cc1C. The van der Waals surface area contributed by atoms with Crippen molar-refractivity contribution >= 4 is 28.7 Å². The van der Waals surface area contributed by atoms with E-state index in [1.807, 2.05) is 56.3 Å². The van der Waals surface area contributed by atoms with E-state index in [2.05, 4.69) is 10.3 Å². The van der Waals surface area contributed by atoms with E-state index < -0.39 is 12.1 Å². The first-order valence-corrected chi connectivity index (χ1v) is 10.5. The van der Waals surface area contributed by atoms with Gasteiger partial charge >= 0.3 is 5.97 Å². The number of fused-ring (bicyclic) bond motifs is 1. The van der Waals surface area contributed by atoms with Crippen LogP contribution in [0.5, 0.6) is 0 Å². The number of esters is 1. The Kier molecular flexibility index (Phi) is 6.03. The highest BCUT2D eigenvalue weighted by Gasteiger charge is 2.25. The zero-order valence-corrected chi connectivity index (χ0v) is 18.2. The van der Waals surface area contributed by atoms with Gasteiger partial charge in [0.2, 0.25) is 5.89 Å². The van der Waals surface area contributed by atoms with Crippen LogP contribution < -0.4 is 5.32 Å². The van der Waals surface area contributed by atoms with Gasteiger partial charge in [-0.05, 0) is 56.2 Å². The Labute approximate surface area is 186 Å². The van der Waals surface area contributed by atoms with Crippen LogP contribution in [0.25, 0.3) is 22.6 Å². The van der Waals surface area contributed by atoms with Gasteiger partial charge in [-0.25, -0.2) is 9.78 Å². The van der Waals surface area contributed by atoms with Gasteiger partial charge in [0.1, 0.15) is 5.52 Å². The summed E-state index contributed by atoms with van der Waals surface area (Å²) in [6, 6.07) is 20.1. The maximum absolute atomic E-state index is 13.0. The molecule has 0 saturated heterocycles. The van der Waals surface area contributed by atoms with Crippen molar-refractivity contribution < 1.29 is 18.7 Å². The maximum Gasteiger partial charge on any atom is 0.339 e. The minimum atomic E-state index is -0.931. The number of anilines is 1. The number of oxazole rings is 1. The Morgan fingerprint density at radius 2 is 1.78 bits per heavy atom. The van der Waals surface area contributed by atoms with Gasteiger partial charge in [0.25, 0.3) is 5.91 Å². The first-order chi connectivity index (χ1) is 15.5. The highest BCUT2D eigenvalue weighted by molar-refractivity contribution is 6.00. The molecule has 1 atom stereocenters. The topological polar surface area (TPSA) is 81.4 Å². The lowest BCUT2D eigenvalue weighted by atomic mass is 10.1. The molecule has 0 fully saturated rings. The first kappa shape index (κ1) is 21.3. The van der Waals surface area contributed by atoms with E-state index in [9.17, 15) is 9.59 Å². The molecular formula is C26H24N2O4. The monoisotopic (exact) mass is 428 g/mol.